The summed E-state index contributed by atoms with van der Waals surface area (Å²) < 4.78 is 10.7. The first-order chi connectivity index (χ1) is 11.1. The quantitative estimate of drug-likeness (QED) is 0.783. The third-order valence-electron chi connectivity index (χ3n) is 3.80. The van der Waals surface area contributed by atoms with Crippen molar-refractivity contribution in [1.82, 2.24) is 15.2 Å². The van der Waals surface area contributed by atoms with Gasteiger partial charge >= 0.3 is 0 Å². The topological polar surface area (TPSA) is 63.7 Å². The molecule has 1 amide bonds. The Balaban J connectivity index is 1.81. The van der Waals surface area contributed by atoms with Crippen LogP contribution in [0.2, 0.25) is 0 Å². The Bertz CT molecular complexity index is 542. The standard InChI is InChI=1S/C17H25N3O3/c1-13(18-2)5-4-6-14-7-15(9-19-8-14)23-16-10-20(11-16)17(21)12-22-3/h4,6-9,13,16,18H,5,10-12H2,1-3H3/b6-4+/t13-/m0/s1. The maximum absolute atomic E-state index is 11.6. The smallest absolute Gasteiger partial charge is 0.248 e. The SMILES string of the molecule is CN[C@@H](C)C/C=C/c1cncc(OC2CN(C(=O)COC)C2)c1. The van der Waals surface area contributed by atoms with Gasteiger partial charge in [0.05, 0.1) is 19.3 Å². The molecule has 0 spiro atoms. The van der Waals surface area contributed by atoms with Gasteiger partial charge in [-0.2, -0.15) is 0 Å². The molecule has 1 aromatic heterocycles. The largest absolute Gasteiger partial charge is 0.485 e. The van der Waals surface area contributed by atoms with Crippen LogP contribution in [0.15, 0.2) is 24.5 Å². The second-order valence-electron chi connectivity index (χ2n) is 5.75. The molecule has 2 rings (SSSR count). The molecule has 2 heterocycles. The third kappa shape index (κ3) is 5.33. The van der Waals surface area contributed by atoms with Crippen LogP contribution in [0.1, 0.15) is 18.9 Å². The van der Waals surface area contributed by atoms with Crippen LogP contribution >= 0.6 is 0 Å². The summed E-state index contributed by atoms with van der Waals surface area (Å²) in [6.45, 7) is 3.46. The number of hydrogen-bond donors (Lipinski definition) is 1. The summed E-state index contributed by atoms with van der Waals surface area (Å²) in [4.78, 5) is 17.5. The molecule has 1 saturated heterocycles. The van der Waals surface area contributed by atoms with E-state index in [-0.39, 0.29) is 18.6 Å². The van der Waals surface area contributed by atoms with Crippen LogP contribution in [-0.4, -0.2) is 61.8 Å². The summed E-state index contributed by atoms with van der Waals surface area (Å²) in [6.07, 6.45) is 8.66. The van der Waals surface area contributed by atoms with E-state index in [1.165, 1.54) is 7.11 Å². The lowest BCUT2D eigenvalue weighted by Gasteiger charge is -2.38. The lowest BCUT2D eigenvalue weighted by Crippen LogP contribution is -2.57. The molecular weight excluding hydrogens is 294 g/mol. The van der Waals surface area contributed by atoms with Gasteiger partial charge in [-0.25, -0.2) is 0 Å². The second kappa shape index (κ2) is 8.64. The zero-order valence-electron chi connectivity index (χ0n) is 14.0. The molecule has 1 aromatic rings. The highest BCUT2D eigenvalue weighted by atomic mass is 16.5. The van der Waals surface area contributed by atoms with E-state index in [4.69, 9.17) is 9.47 Å². The number of nitrogens with zero attached hydrogens (tertiary/aromatic N) is 2. The van der Waals surface area contributed by atoms with E-state index in [0.29, 0.717) is 19.1 Å². The molecule has 1 atom stereocenters. The van der Waals surface area contributed by atoms with Gasteiger partial charge in [0.15, 0.2) is 0 Å². The Hall–Kier alpha value is -1.92. The first-order valence-electron chi connectivity index (χ1n) is 7.84. The molecule has 0 aromatic carbocycles. The predicted octanol–water partition coefficient (Wildman–Crippen LogP) is 1.33. The monoisotopic (exact) mass is 319 g/mol. The maximum atomic E-state index is 11.6. The number of aromatic nitrogens is 1. The van der Waals surface area contributed by atoms with Crippen molar-refractivity contribution in [2.75, 3.05) is 33.9 Å². The fraction of sp³-hybridized carbons (Fsp3) is 0.529. The van der Waals surface area contributed by atoms with Gasteiger partial charge in [0.25, 0.3) is 0 Å². The van der Waals surface area contributed by atoms with Crippen molar-refractivity contribution in [2.24, 2.45) is 0 Å². The van der Waals surface area contributed by atoms with E-state index < -0.39 is 0 Å². The highest BCUT2D eigenvalue weighted by Crippen LogP contribution is 2.19. The minimum Gasteiger partial charge on any atom is -0.485 e. The first kappa shape index (κ1) is 17.4. The molecule has 0 aliphatic carbocycles. The normalized spacial score (nSPS) is 16.4. The van der Waals surface area contributed by atoms with E-state index in [1.807, 2.05) is 25.4 Å². The van der Waals surface area contributed by atoms with Crippen molar-refractivity contribution in [3.05, 3.63) is 30.1 Å². The van der Waals surface area contributed by atoms with Crippen LogP contribution < -0.4 is 10.1 Å². The summed E-state index contributed by atoms with van der Waals surface area (Å²) in [6, 6.07) is 2.41. The summed E-state index contributed by atoms with van der Waals surface area (Å²) in [5.74, 6) is 0.735. The van der Waals surface area contributed by atoms with Gasteiger partial charge in [-0.1, -0.05) is 12.2 Å². The van der Waals surface area contributed by atoms with Crippen LogP contribution in [0.3, 0.4) is 0 Å². The lowest BCUT2D eigenvalue weighted by atomic mass is 10.1. The number of carbonyl (C=O) groups excluding carboxylic acids is 1. The number of ether oxygens (including phenoxy) is 2. The van der Waals surface area contributed by atoms with Gasteiger partial charge in [-0.15, -0.1) is 0 Å². The fourth-order valence-electron chi connectivity index (χ4n) is 2.24. The number of nitrogens with one attached hydrogen (secondary N) is 1. The molecule has 0 radical (unpaired) electrons. The van der Waals surface area contributed by atoms with E-state index in [9.17, 15) is 4.79 Å². The molecule has 6 nitrogen and oxygen atoms in total. The molecule has 1 fully saturated rings. The molecule has 1 aliphatic rings. The predicted molar refractivity (Wildman–Crippen MR) is 89.3 cm³/mol. The Morgan fingerprint density at radius 1 is 1.52 bits per heavy atom. The van der Waals surface area contributed by atoms with E-state index in [0.717, 1.165) is 17.7 Å². The molecular formula is C17H25N3O3. The summed E-state index contributed by atoms with van der Waals surface area (Å²) in [5.41, 5.74) is 1.01. The zero-order chi connectivity index (χ0) is 16.7. The van der Waals surface area contributed by atoms with Crippen LogP contribution in [0.25, 0.3) is 6.08 Å². The zero-order valence-corrected chi connectivity index (χ0v) is 14.0. The lowest BCUT2D eigenvalue weighted by molar-refractivity contribution is -0.143. The van der Waals surface area contributed by atoms with Gasteiger partial charge in [0.1, 0.15) is 18.5 Å². The van der Waals surface area contributed by atoms with Crippen molar-refractivity contribution in [2.45, 2.75) is 25.5 Å². The molecule has 23 heavy (non-hydrogen) atoms. The van der Waals surface area contributed by atoms with Gasteiger partial charge in [-0.05, 0) is 32.0 Å². The molecule has 0 unspecified atom stereocenters. The molecule has 0 bridgehead atoms. The average molecular weight is 319 g/mol. The summed E-state index contributed by atoms with van der Waals surface area (Å²) in [7, 11) is 3.47. The number of carbonyl (C=O) groups is 1. The summed E-state index contributed by atoms with van der Waals surface area (Å²) >= 11 is 0. The Kier molecular flexibility index (Phi) is 6.55. The molecule has 0 saturated carbocycles. The van der Waals surface area contributed by atoms with Gasteiger partial charge < -0.3 is 19.7 Å². The van der Waals surface area contributed by atoms with Gasteiger partial charge in [0.2, 0.25) is 5.91 Å². The maximum Gasteiger partial charge on any atom is 0.248 e. The molecule has 6 heteroatoms. The number of pyridine rings is 1. The van der Waals surface area contributed by atoms with Crippen molar-refractivity contribution in [3.63, 3.8) is 0 Å². The van der Waals surface area contributed by atoms with Crippen LogP contribution in [0.5, 0.6) is 5.75 Å². The minimum absolute atomic E-state index is 0.000752. The van der Waals surface area contributed by atoms with Crippen LogP contribution in [0, 0.1) is 0 Å². The van der Waals surface area contributed by atoms with Crippen LogP contribution in [0.4, 0.5) is 0 Å². The highest BCUT2D eigenvalue weighted by molar-refractivity contribution is 5.78. The average Bonchev–Trinajstić information content (AvgIpc) is 2.51. The second-order valence-corrected chi connectivity index (χ2v) is 5.75. The minimum atomic E-state index is 0.000752. The van der Waals surface area contributed by atoms with Gasteiger partial charge in [0, 0.05) is 19.3 Å². The number of rotatable bonds is 8. The fourth-order valence-corrected chi connectivity index (χ4v) is 2.24. The molecule has 1 N–H and O–H groups in total. The number of methoxy groups -OCH3 is 1. The Labute approximate surface area is 137 Å². The number of hydrogen-bond acceptors (Lipinski definition) is 5. The number of likely N-dealkylation sites (tertiary alicyclic amines) is 1. The molecule has 126 valence electrons. The molecule has 1 aliphatic heterocycles. The summed E-state index contributed by atoms with van der Waals surface area (Å²) in [5, 5.41) is 3.19. The van der Waals surface area contributed by atoms with E-state index in [1.54, 1.807) is 11.1 Å². The van der Waals surface area contributed by atoms with Gasteiger partial charge in [-0.3, -0.25) is 9.78 Å². The Morgan fingerprint density at radius 3 is 3.00 bits per heavy atom. The highest BCUT2D eigenvalue weighted by Gasteiger charge is 2.31. The van der Waals surface area contributed by atoms with Crippen molar-refractivity contribution >= 4 is 12.0 Å². The number of amides is 1. The van der Waals surface area contributed by atoms with Crippen molar-refractivity contribution in [3.8, 4) is 5.75 Å². The van der Waals surface area contributed by atoms with Crippen molar-refractivity contribution in [1.29, 1.82) is 0 Å². The Morgan fingerprint density at radius 2 is 2.30 bits per heavy atom. The van der Waals surface area contributed by atoms with E-state index >= 15 is 0 Å². The van der Waals surface area contributed by atoms with E-state index in [2.05, 4.69) is 23.3 Å². The first-order valence-corrected chi connectivity index (χ1v) is 7.84. The third-order valence-corrected chi connectivity index (χ3v) is 3.80. The van der Waals surface area contributed by atoms with Crippen LogP contribution in [-0.2, 0) is 9.53 Å². The van der Waals surface area contributed by atoms with Crippen molar-refractivity contribution < 1.29 is 14.3 Å².